The Labute approximate surface area is 142 Å². The highest BCUT2D eigenvalue weighted by molar-refractivity contribution is 5.62. The summed E-state index contributed by atoms with van der Waals surface area (Å²) in [5, 5.41) is 14.2. The lowest BCUT2D eigenvalue weighted by molar-refractivity contribution is -0.0802. The van der Waals surface area contributed by atoms with E-state index in [1.807, 2.05) is 0 Å². The molecule has 4 heteroatoms. The van der Waals surface area contributed by atoms with Gasteiger partial charge in [-0.1, -0.05) is 6.07 Å². The fraction of sp³-hybridized carbons (Fsp3) is 0.600. The van der Waals surface area contributed by atoms with E-state index in [4.69, 9.17) is 10.1 Å². The van der Waals surface area contributed by atoms with Gasteiger partial charge in [-0.3, -0.25) is 9.67 Å². The second-order valence-electron chi connectivity index (χ2n) is 8.37. The minimum Gasteiger partial charge on any atom is -0.396 e. The third-order valence-corrected chi connectivity index (χ3v) is 6.30. The molecule has 2 heterocycles. The molecule has 0 aromatic carbocycles. The molecule has 2 aromatic rings. The number of pyridine rings is 1. The summed E-state index contributed by atoms with van der Waals surface area (Å²) in [5.74, 6) is 1.19. The minimum atomic E-state index is 0.364. The summed E-state index contributed by atoms with van der Waals surface area (Å²) in [6.07, 6.45) is 9.67. The Morgan fingerprint density at radius 3 is 2.67 bits per heavy atom. The van der Waals surface area contributed by atoms with Gasteiger partial charge in [0.2, 0.25) is 0 Å². The van der Waals surface area contributed by atoms with Crippen LogP contribution in [0.5, 0.6) is 0 Å². The first-order valence-electron chi connectivity index (χ1n) is 9.30. The minimum absolute atomic E-state index is 0.364. The third-order valence-electron chi connectivity index (χ3n) is 6.30. The highest BCUT2D eigenvalue weighted by Gasteiger charge is 2.53. The van der Waals surface area contributed by atoms with E-state index < -0.39 is 0 Å². The van der Waals surface area contributed by atoms with Crippen molar-refractivity contribution in [2.75, 3.05) is 6.61 Å². The number of aliphatic hydroxyl groups is 1. The Kier molecular flexibility index (Phi) is 3.15. The first-order valence-corrected chi connectivity index (χ1v) is 9.30. The van der Waals surface area contributed by atoms with Crippen molar-refractivity contribution < 1.29 is 5.11 Å². The van der Waals surface area contributed by atoms with Crippen LogP contribution >= 0.6 is 0 Å². The number of rotatable bonds is 4. The second-order valence-corrected chi connectivity index (χ2v) is 8.37. The Morgan fingerprint density at radius 1 is 1.21 bits per heavy atom. The fourth-order valence-electron chi connectivity index (χ4n) is 4.90. The summed E-state index contributed by atoms with van der Waals surface area (Å²) in [5.41, 5.74) is 5.15. The van der Waals surface area contributed by atoms with E-state index in [9.17, 15) is 5.11 Å². The maximum absolute atomic E-state index is 9.25. The molecule has 126 valence electrons. The molecule has 5 rings (SSSR count). The van der Waals surface area contributed by atoms with E-state index >= 15 is 0 Å². The maximum atomic E-state index is 9.25. The molecule has 24 heavy (non-hydrogen) atoms. The molecule has 0 unspecified atom stereocenters. The van der Waals surface area contributed by atoms with Crippen molar-refractivity contribution in [2.45, 2.75) is 57.4 Å². The molecular weight excluding hydrogens is 298 g/mol. The molecule has 3 fully saturated rings. The van der Waals surface area contributed by atoms with Crippen molar-refractivity contribution in [3.63, 3.8) is 0 Å². The molecule has 0 atom stereocenters. The van der Waals surface area contributed by atoms with Gasteiger partial charge in [0, 0.05) is 30.0 Å². The summed E-state index contributed by atoms with van der Waals surface area (Å²) >= 11 is 0. The second kappa shape index (κ2) is 5.16. The number of hydrogen-bond donors (Lipinski definition) is 1. The van der Waals surface area contributed by atoms with Gasteiger partial charge < -0.3 is 5.11 Å². The highest BCUT2D eigenvalue weighted by atomic mass is 16.3. The molecule has 1 spiro atoms. The average molecular weight is 323 g/mol. The van der Waals surface area contributed by atoms with Gasteiger partial charge >= 0.3 is 0 Å². The van der Waals surface area contributed by atoms with E-state index in [-0.39, 0.29) is 0 Å². The smallest absolute Gasteiger partial charge is 0.0749 e. The van der Waals surface area contributed by atoms with Crippen LogP contribution < -0.4 is 0 Å². The van der Waals surface area contributed by atoms with E-state index in [1.165, 1.54) is 49.8 Å². The van der Waals surface area contributed by atoms with E-state index in [2.05, 4.69) is 36.0 Å². The van der Waals surface area contributed by atoms with Crippen molar-refractivity contribution in [1.82, 2.24) is 14.8 Å². The lowest BCUT2D eigenvalue weighted by Crippen LogP contribution is -2.49. The van der Waals surface area contributed by atoms with Gasteiger partial charge in [-0.2, -0.15) is 5.10 Å². The monoisotopic (exact) mass is 323 g/mol. The molecule has 0 aliphatic heterocycles. The molecular formula is C20H25N3O. The van der Waals surface area contributed by atoms with Crippen LogP contribution in [0.4, 0.5) is 0 Å². The number of hydrogen-bond acceptors (Lipinski definition) is 3. The van der Waals surface area contributed by atoms with Crippen LogP contribution in [-0.2, 0) is 0 Å². The van der Waals surface area contributed by atoms with Crippen LogP contribution in [0.25, 0.3) is 11.3 Å². The molecule has 0 saturated heterocycles. The number of aryl methyl sites for hydroxylation is 1. The van der Waals surface area contributed by atoms with Crippen LogP contribution in [0.1, 0.15) is 61.9 Å². The highest BCUT2D eigenvalue weighted by Crippen LogP contribution is 2.62. The van der Waals surface area contributed by atoms with E-state index in [0.717, 1.165) is 11.4 Å². The summed E-state index contributed by atoms with van der Waals surface area (Å²) in [4.78, 5) is 4.73. The maximum Gasteiger partial charge on any atom is 0.0749 e. The first kappa shape index (κ1) is 14.6. The lowest BCUT2D eigenvalue weighted by atomic mass is 9.50. The van der Waals surface area contributed by atoms with Crippen molar-refractivity contribution in [3.05, 3.63) is 35.8 Å². The Balaban J connectivity index is 1.40. The van der Waals surface area contributed by atoms with Gasteiger partial charge in [0.1, 0.15) is 0 Å². The summed E-state index contributed by atoms with van der Waals surface area (Å²) in [6, 6.07) is 6.79. The van der Waals surface area contributed by atoms with Gasteiger partial charge in [0.15, 0.2) is 0 Å². The van der Waals surface area contributed by atoms with Crippen LogP contribution in [0.3, 0.4) is 0 Å². The summed E-state index contributed by atoms with van der Waals surface area (Å²) in [6.45, 7) is 2.41. The van der Waals surface area contributed by atoms with Crippen molar-refractivity contribution in [1.29, 1.82) is 0 Å². The largest absolute Gasteiger partial charge is 0.396 e. The van der Waals surface area contributed by atoms with Gasteiger partial charge in [-0.25, -0.2) is 0 Å². The zero-order valence-corrected chi connectivity index (χ0v) is 14.3. The first-order chi connectivity index (χ1) is 11.7. The van der Waals surface area contributed by atoms with Crippen molar-refractivity contribution >= 4 is 0 Å². The van der Waals surface area contributed by atoms with Gasteiger partial charge in [-0.05, 0) is 68.9 Å². The quantitative estimate of drug-likeness (QED) is 0.929. The van der Waals surface area contributed by atoms with Gasteiger partial charge in [0.25, 0.3) is 0 Å². The number of nitrogens with zero attached hydrogens (tertiary/aromatic N) is 3. The predicted octanol–water partition coefficient (Wildman–Crippen LogP) is 3.85. The van der Waals surface area contributed by atoms with Crippen LogP contribution in [-0.4, -0.2) is 26.5 Å². The molecule has 3 saturated carbocycles. The Bertz CT molecular complexity index is 763. The van der Waals surface area contributed by atoms with Crippen molar-refractivity contribution in [2.24, 2.45) is 11.3 Å². The van der Waals surface area contributed by atoms with Crippen molar-refractivity contribution in [3.8, 4) is 11.3 Å². The fourth-order valence-corrected chi connectivity index (χ4v) is 4.90. The molecule has 3 aliphatic rings. The molecule has 0 bridgehead atoms. The SMILES string of the molecule is Cc1cccc(-c2cn(C3CC4(CC(CO)C4)C3)nc2C2CC2)n1. The topological polar surface area (TPSA) is 50.9 Å². The molecule has 3 aliphatic carbocycles. The predicted molar refractivity (Wildman–Crippen MR) is 92.7 cm³/mol. The van der Waals surface area contributed by atoms with Crippen LogP contribution in [0.15, 0.2) is 24.4 Å². The molecule has 0 amide bonds. The Hall–Kier alpha value is -1.68. The number of aromatic nitrogens is 3. The standard InChI is InChI=1S/C20H25N3O/c1-13-3-2-4-18(21-13)17-11-23(22-19(17)15-5-6-15)16-9-20(10-16)7-14(8-20)12-24/h2-4,11,14-16,24H,5-10,12H2,1H3. The summed E-state index contributed by atoms with van der Waals surface area (Å²) in [7, 11) is 0. The van der Waals surface area contributed by atoms with Gasteiger partial charge in [0.05, 0.1) is 17.4 Å². The zero-order chi connectivity index (χ0) is 16.3. The molecule has 1 N–H and O–H groups in total. The molecule has 4 nitrogen and oxygen atoms in total. The average Bonchev–Trinajstić information content (AvgIpc) is 3.25. The van der Waals surface area contributed by atoms with E-state index in [1.54, 1.807) is 0 Å². The lowest BCUT2D eigenvalue weighted by Gasteiger charge is -2.57. The zero-order valence-electron chi connectivity index (χ0n) is 14.3. The van der Waals surface area contributed by atoms with E-state index in [0.29, 0.717) is 29.9 Å². The number of aliphatic hydroxyl groups excluding tert-OH is 1. The third kappa shape index (κ3) is 2.31. The molecule has 0 radical (unpaired) electrons. The summed E-state index contributed by atoms with van der Waals surface area (Å²) < 4.78 is 2.23. The normalized spacial score (nSPS) is 31.8. The van der Waals surface area contributed by atoms with Crippen LogP contribution in [0, 0.1) is 18.3 Å². The van der Waals surface area contributed by atoms with Gasteiger partial charge in [-0.15, -0.1) is 0 Å². The van der Waals surface area contributed by atoms with Crippen LogP contribution in [0.2, 0.25) is 0 Å². The molecule has 2 aromatic heterocycles. The Morgan fingerprint density at radius 2 is 2.00 bits per heavy atom.